The summed E-state index contributed by atoms with van der Waals surface area (Å²) in [6.45, 7) is 4.96. The monoisotopic (exact) mass is 494 g/mol. The van der Waals surface area contributed by atoms with E-state index >= 15 is 0 Å². The summed E-state index contributed by atoms with van der Waals surface area (Å²) in [5.74, 6) is 1.36. The fourth-order valence-electron chi connectivity index (χ4n) is 6.05. The summed E-state index contributed by atoms with van der Waals surface area (Å²) in [4.78, 5) is 0. The van der Waals surface area contributed by atoms with Crippen molar-refractivity contribution in [2.45, 2.75) is 44.4 Å². The second-order valence-corrected chi connectivity index (χ2v) is 14.8. The Balaban J connectivity index is 1.60. The van der Waals surface area contributed by atoms with Crippen LogP contribution in [0.15, 0.2) is 121 Å². The SMILES string of the molecule is CC(C)C([C@H]1CCCC1P(c1ccccc1)c1ccccc1)P(c1ccccc1)c1ccccc1. The van der Waals surface area contributed by atoms with Crippen molar-refractivity contribution in [3.8, 4) is 0 Å². The molecule has 3 atom stereocenters. The molecule has 0 spiro atoms. The van der Waals surface area contributed by atoms with Crippen LogP contribution in [0, 0.1) is 11.8 Å². The van der Waals surface area contributed by atoms with Gasteiger partial charge in [-0.2, -0.15) is 0 Å². The van der Waals surface area contributed by atoms with Crippen molar-refractivity contribution in [3.05, 3.63) is 121 Å². The molecule has 1 fully saturated rings. The molecule has 0 heterocycles. The van der Waals surface area contributed by atoms with Crippen LogP contribution in [0.3, 0.4) is 0 Å². The molecule has 4 aromatic rings. The zero-order valence-corrected chi connectivity index (χ0v) is 22.7. The quantitative estimate of drug-likeness (QED) is 0.223. The van der Waals surface area contributed by atoms with Crippen molar-refractivity contribution in [2.24, 2.45) is 11.8 Å². The van der Waals surface area contributed by atoms with E-state index in [1.54, 1.807) is 0 Å². The molecule has 0 nitrogen and oxygen atoms in total. The van der Waals surface area contributed by atoms with E-state index in [0.29, 0.717) is 11.6 Å². The second-order valence-electron chi connectivity index (χ2n) is 9.98. The summed E-state index contributed by atoms with van der Waals surface area (Å²) in [6.07, 6.45) is 4.05. The van der Waals surface area contributed by atoms with Gasteiger partial charge < -0.3 is 0 Å². The van der Waals surface area contributed by atoms with Crippen LogP contribution in [-0.2, 0) is 0 Å². The van der Waals surface area contributed by atoms with Gasteiger partial charge in [-0.15, -0.1) is 0 Å². The van der Waals surface area contributed by atoms with Crippen LogP contribution in [0.25, 0.3) is 0 Å². The van der Waals surface area contributed by atoms with Gasteiger partial charge in [-0.25, -0.2) is 0 Å². The minimum absolute atomic E-state index is 0.401. The largest absolute Gasteiger partial charge is 0.0622 e. The van der Waals surface area contributed by atoms with E-state index in [1.165, 1.54) is 40.5 Å². The highest BCUT2D eigenvalue weighted by atomic mass is 31.1. The fraction of sp³-hybridized carbons (Fsp3) is 0.273. The second kappa shape index (κ2) is 11.6. The Morgan fingerprint density at radius 2 is 0.943 bits per heavy atom. The fourth-order valence-corrected chi connectivity index (χ4v) is 12.7. The van der Waals surface area contributed by atoms with Gasteiger partial charge in [0.15, 0.2) is 0 Å². The van der Waals surface area contributed by atoms with E-state index in [0.717, 1.165) is 11.6 Å². The number of benzene rings is 4. The zero-order valence-electron chi connectivity index (χ0n) is 20.9. The molecule has 0 saturated heterocycles. The summed E-state index contributed by atoms with van der Waals surface area (Å²) in [5, 5.41) is 6.14. The normalized spacial score (nSPS) is 18.9. The molecule has 2 heteroatoms. The molecule has 0 aliphatic heterocycles. The molecule has 1 saturated carbocycles. The molecule has 2 unspecified atom stereocenters. The maximum absolute atomic E-state index is 2.48. The van der Waals surface area contributed by atoms with E-state index in [9.17, 15) is 0 Å². The van der Waals surface area contributed by atoms with Gasteiger partial charge in [0.25, 0.3) is 0 Å². The first-order valence-corrected chi connectivity index (χ1v) is 15.8. The van der Waals surface area contributed by atoms with Gasteiger partial charge in [0, 0.05) is 0 Å². The highest BCUT2D eigenvalue weighted by molar-refractivity contribution is 7.74. The van der Waals surface area contributed by atoms with Gasteiger partial charge in [-0.3, -0.25) is 0 Å². The van der Waals surface area contributed by atoms with Crippen LogP contribution in [-0.4, -0.2) is 11.3 Å². The van der Waals surface area contributed by atoms with Gasteiger partial charge in [-0.05, 0) is 73.1 Å². The predicted octanol–water partition coefficient (Wildman–Crippen LogP) is 7.45. The predicted molar refractivity (Wildman–Crippen MR) is 158 cm³/mol. The molecule has 0 radical (unpaired) electrons. The molecule has 0 amide bonds. The number of hydrogen-bond acceptors (Lipinski definition) is 0. The van der Waals surface area contributed by atoms with Crippen molar-refractivity contribution < 1.29 is 0 Å². The van der Waals surface area contributed by atoms with Gasteiger partial charge in [0.1, 0.15) is 0 Å². The van der Waals surface area contributed by atoms with Crippen LogP contribution in [0.1, 0.15) is 33.1 Å². The van der Waals surface area contributed by atoms with Crippen LogP contribution >= 0.6 is 15.8 Å². The van der Waals surface area contributed by atoms with E-state index in [1.807, 2.05) is 0 Å². The third-order valence-electron chi connectivity index (χ3n) is 7.42. The first kappa shape index (κ1) is 24.4. The van der Waals surface area contributed by atoms with Crippen molar-refractivity contribution in [2.75, 3.05) is 0 Å². The summed E-state index contributed by atoms with van der Waals surface area (Å²) in [5.41, 5.74) is 1.39. The summed E-state index contributed by atoms with van der Waals surface area (Å²) in [7, 11) is -0.844. The third kappa shape index (κ3) is 5.45. The van der Waals surface area contributed by atoms with Crippen molar-refractivity contribution >= 4 is 37.1 Å². The van der Waals surface area contributed by atoms with Gasteiger partial charge >= 0.3 is 0 Å². The molecule has 0 aromatic heterocycles. The zero-order chi connectivity index (χ0) is 24.0. The van der Waals surface area contributed by atoms with Crippen molar-refractivity contribution in [1.29, 1.82) is 0 Å². The molecule has 0 bridgehead atoms. The number of hydrogen-bond donors (Lipinski definition) is 0. The van der Waals surface area contributed by atoms with E-state index in [2.05, 4.69) is 135 Å². The summed E-state index contributed by atoms with van der Waals surface area (Å²) in [6, 6.07) is 45.6. The molecular formula is C33H36P2. The van der Waals surface area contributed by atoms with Crippen LogP contribution in [0.2, 0.25) is 0 Å². The lowest BCUT2D eigenvalue weighted by molar-refractivity contribution is 0.437. The van der Waals surface area contributed by atoms with Crippen LogP contribution in [0.4, 0.5) is 0 Å². The molecular weight excluding hydrogens is 458 g/mol. The Labute approximate surface area is 214 Å². The summed E-state index contributed by atoms with van der Waals surface area (Å²) < 4.78 is 0. The van der Waals surface area contributed by atoms with E-state index in [4.69, 9.17) is 0 Å². The minimum atomic E-state index is -0.444. The highest BCUT2D eigenvalue weighted by Crippen LogP contribution is 2.58. The maximum atomic E-state index is 2.48. The van der Waals surface area contributed by atoms with Gasteiger partial charge in [0.2, 0.25) is 0 Å². The Morgan fingerprint density at radius 3 is 1.34 bits per heavy atom. The lowest BCUT2D eigenvalue weighted by Gasteiger charge is -2.41. The first-order valence-electron chi connectivity index (χ1n) is 13.0. The average Bonchev–Trinajstić information content (AvgIpc) is 3.38. The third-order valence-corrected chi connectivity index (χ3v) is 13.7. The maximum Gasteiger partial charge on any atom is -0.00712 e. The molecule has 35 heavy (non-hydrogen) atoms. The lowest BCUT2D eigenvalue weighted by atomic mass is 9.94. The topological polar surface area (TPSA) is 0 Å². The summed E-state index contributed by atoms with van der Waals surface area (Å²) >= 11 is 0. The Hall–Kier alpha value is -2.26. The Morgan fingerprint density at radius 1 is 0.543 bits per heavy atom. The highest BCUT2D eigenvalue weighted by Gasteiger charge is 2.43. The first-order chi connectivity index (χ1) is 17.2. The Kier molecular flexibility index (Phi) is 8.13. The molecule has 1 aliphatic rings. The number of rotatable bonds is 8. The molecule has 1 aliphatic carbocycles. The van der Waals surface area contributed by atoms with Crippen molar-refractivity contribution in [1.82, 2.24) is 0 Å². The smallest absolute Gasteiger partial charge is 0.00712 e. The van der Waals surface area contributed by atoms with Crippen LogP contribution in [0.5, 0.6) is 0 Å². The van der Waals surface area contributed by atoms with E-state index < -0.39 is 15.8 Å². The van der Waals surface area contributed by atoms with Gasteiger partial charge in [0.05, 0.1) is 0 Å². The standard InChI is InChI=1S/C33H36P2/c1-26(2)33(35(29-20-11-5-12-21-29)30-22-13-6-14-23-30)31-24-15-25-32(31)34(27-16-7-3-8-17-27)28-18-9-4-10-19-28/h3-14,16-23,26,31-33H,15,24-25H2,1-2H3/t31-,32?,33?/m0/s1. The minimum Gasteiger partial charge on any atom is -0.0622 e. The van der Waals surface area contributed by atoms with E-state index in [-0.39, 0.29) is 0 Å². The molecule has 5 rings (SSSR count). The molecule has 4 aromatic carbocycles. The van der Waals surface area contributed by atoms with Gasteiger partial charge in [-0.1, -0.05) is 142 Å². The van der Waals surface area contributed by atoms with Crippen molar-refractivity contribution in [3.63, 3.8) is 0 Å². The molecule has 0 N–H and O–H groups in total. The molecule has 178 valence electrons. The van der Waals surface area contributed by atoms with Crippen LogP contribution < -0.4 is 21.2 Å². The average molecular weight is 495 g/mol. The lowest BCUT2D eigenvalue weighted by Crippen LogP contribution is -2.37. The Bertz CT molecular complexity index is 1080.